The Labute approximate surface area is 169 Å². The number of benzene rings is 2. The van der Waals surface area contributed by atoms with Gasteiger partial charge in [-0.25, -0.2) is 4.79 Å². The highest BCUT2D eigenvalue weighted by Gasteiger charge is 2.21. The lowest BCUT2D eigenvalue weighted by atomic mass is 10.1. The second kappa shape index (κ2) is 7.46. The fourth-order valence-corrected chi connectivity index (χ4v) is 2.97. The number of hydrogen-bond acceptors (Lipinski definition) is 5. The van der Waals surface area contributed by atoms with Gasteiger partial charge in [0.25, 0.3) is 0 Å². The van der Waals surface area contributed by atoms with Crippen molar-refractivity contribution in [3.8, 4) is 17.1 Å². The number of ether oxygens (including phenoxy) is 1. The van der Waals surface area contributed by atoms with E-state index < -0.39 is 11.4 Å². The van der Waals surface area contributed by atoms with Crippen molar-refractivity contribution in [3.05, 3.63) is 92.8 Å². The Bertz CT molecular complexity index is 1240. The van der Waals surface area contributed by atoms with Crippen molar-refractivity contribution in [1.82, 2.24) is 4.98 Å². The molecule has 2 aromatic carbocycles. The molecule has 0 aliphatic heterocycles. The van der Waals surface area contributed by atoms with Crippen LogP contribution >= 0.6 is 23.2 Å². The number of rotatable bonds is 3. The molecule has 0 atom stereocenters. The van der Waals surface area contributed by atoms with Crippen molar-refractivity contribution in [2.45, 2.75) is 0 Å². The molecule has 0 saturated carbocycles. The molecule has 4 rings (SSSR count). The summed E-state index contributed by atoms with van der Waals surface area (Å²) in [5, 5.41) is 1.09. The van der Waals surface area contributed by atoms with Crippen LogP contribution in [0, 0.1) is 0 Å². The fraction of sp³-hybridized carbons (Fsp3) is 0. The van der Waals surface area contributed by atoms with E-state index in [0.717, 1.165) is 0 Å². The number of esters is 1. The van der Waals surface area contributed by atoms with Gasteiger partial charge in [0.15, 0.2) is 5.76 Å². The first kappa shape index (κ1) is 18.2. The SMILES string of the molecule is O=C(Oc1c(-c2ccc(Cl)cc2)oc2ccc(Cl)cc2c1=O)c1cccnc1. The number of fused-ring (bicyclic) bond motifs is 1. The summed E-state index contributed by atoms with van der Waals surface area (Å²) in [6.07, 6.45) is 2.88. The van der Waals surface area contributed by atoms with E-state index in [-0.39, 0.29) is 22.5 Å². The molecule has 0 bridgehead atoms. The first-order valence-electron chi connectivity index (χ1n) is 8.17. The average molecular weight is 412 g/mol. The van der Waals surface area contributed by atoms with E-state index >= 15 is 0 Å². The zero-order chi connectivity index (χ0) is 19.7. The lowest BCUT2D eigenvalue weighted by Gasteiger charge is -2.11. The predicted octanol–water partition coefficient (Wildman–Crippen LogP) is 5.38. The molecule has 28 heavy (non-hydrogen) atoms. The summed E-state index contributed by atoms with van der Waals surface area (Å²) >= 11 is 12.0. The van der Waals surface area contributed by atoms with E-state index in [1.807, 2.05) is 0 Å². The van der Waals surface area contributed by atoms with E-state index in [2.05, 4.69) is 4.98 Å². The number of hydrogen-bond donors (Lipinski definition) is 0. The average Bonchev–Trinajstić information content (AvgIpc) is 2.71. The molecule has 2 heterocycles. The molecule has 0 aliphatic rings. The van der Waals surface area contributed by atoms with Gasteiger partial charge in [-0.3, -0.25) is 9.78 Å². The quantitative estimate of drug-likeness (QED) is 0.423. The summed E-state index contributed by atoms with van der Waals surface area (Å²) in [5.74, 6) is -0.836. The van der Waals surface area contributed by atoms with Gasteiger partial charge in [-0.1, -0.05) is 23.2 Å². The van der Waals surface area contributed by atoms with Gasteiger partial charge in [-0.15, -0.1) is 0 Å². The number of pyridine rings is 1. The van der Waals surface area contributed by atoms with Crippen LogP contribution in [0.4, 0.5) is 0 Å². The highest BCUT2D eigenvalue weighted by Crippen LogP contribution is 2.32. The van der Waals surface area contributed by atoms with Crippen molar-refractivity contribution in [2.24, 2.45) is 0 Å². The molecule has 0 unspecified atom stereocenters. The summed E-state index contributed by atoms with van der Waals surface area (Å²) in [6.45, 7) is 0. The zero-order valence-electron chi connectivity index (χ0n) is 14.2. The van der Waals surface area contributed by atoms with Gasteiger partial charge in [0, 0.05) is 28.0 Å². The Morgan fingerprint density at radius 2 is 1.75 bits per heavy atom. The molecule has 7 heteroatoms. The van der Waals surface area contributed by atoms with Crippen LogP contribution in [0.5, 0.6) is 5.75 Å². The lowest BCUT2D eigenvalue weighted by Crippen LogP contribution is -2.16. The highest BCUT2D eigenvalue weighted by molar-refractivity contribution is 6.31. The number of carbonyl (C=O) groups is 1. The number of carbonyl (C=O) groups excluding carboxylic acids is 1. The van der Waals surface area contributed by atoms with Gasteiger partial charge >= 0.3 is 5.97 Å². The molecule has 0 radical (unpaired) electrons. The molecule has 4 aromatic rings. The maximum Gasteiger partial charge on any atom is 0.345 e. The summed E-state index contributed by atoms with van der Waals surface area (Å²) in [5.41, 5.74) is 0.550. The Hall–Kier alpha value is -3.15. The summed E-state index contributed by atoms with van der Waals surface area (Å²) in [6, 6.07) is 14.4. The van der Waals surface area contributed by atoms with Crippen LogP contribution in [-0.4, -0.2) is 11.0 Å². The number of nitrogens with zero attached hydrogens (tertiary/aromatic N) is 1. The van der Waals surface area contributed by atoms with E-state index in [1.165, 1.54) is 24.5 Å². The molecular formula is C21H11Cl2NO4. The smallest absolute Gasteiger partial charge is 0.345 e. The van der Waals surface area contributed by atoms with E-state index in [9.17, 15) is 9.59 Å². The van der Waals surface area contributed by atoms with E-state index in [4.69, 9.17) is 32.4 Å². The molecule has 0 aliphatic carbocycles. The van der Waals surface area contributed by atoms with Crippen LogP contribution in [-0.2, 0) is 0 Å². The molecule has 0 saturated heterocycles. The standard InChI is InChI=1S/C21H11Cl2NO4/c22-14-5-3-12(4-6-14)19-20(28-21(26)13-2-1-9-24-11-13)18(25)16-10-15(23)7-8-17(16)27-19/h1-11H. The van der Waals surface area contributed by atoms with Gasteiger partial charge in [0.1, 0.15) is 5.58 Å². The normalized spacial score (nSPS) is 10.8. The minimum Gasteiger partial charge on any atom is -0.452 e. The third-order valence-corrected chi connectivity index (χ3v) is 4.50. The molecule has 138 valence electrons. The highest BCUT2D eigenvalue weighted by atomic mass is 35.5. The second-order valence-electron chi connectivity index (χ2n) is 5.87. The molecule has 0 spiro atoms. The first-order chi connectivity index (χ1) is 13.5. The minimum atomic E-state index is -0.725. The lowest BCUT2D eigenvalue weighted by molar-refractivity contribution is 0.0731. The van der Waals surface area contributed by atoms with Crippen LogP contribution in [0.1, 0.15) is 10.4 Å². The Kier molecular flexibility index (Phi) is 4.86. The van der Waals surface area contributed by atoms with Gasteiger partial charge in [-0.2, -0.15) is 0 Å². The van der Waals surface area contributed by atoms with Crippen LogP contribution in [0.15, 0.2) is 76.2 Å². The van der Waals surface area contributed by atoms with Crippen LogP contribution in [0.25, 0.3) is 22.3 Å². The first-order valence-corrected chi connectivity index (χ1v) is 8.93. The van der Waals surface area contributed by atoms with Crippen molar-refractivity contribution in [1.29, 1.82) is 0 Å². The molecule has 0 fully saturated rings. The van der Waals surface area contributed by atoms with Crippen LogP contribution in [0.2, 0.25) is 10.0 Å². The maximum atomic E-state index is 13.1. The monoisotopic (exact) mass is 411 g/mol. The molecular weight excluding hydrogens is 401 g/mol. The summed E-state index contributed by atoms with van der Waals surface area (Å²) in [4.78, 5) is 29.5. The van der Waals surface area contributed by atoms with Crippen molar-refractivity contribution in [2.75, 3.05) is 0 Å². The van der Waals surface area contributed by atoms with Crippen LogP contribution in [0.3, 0.4) is 0 Å². The van der Waals surface area contributed by atoms with Gasteiger partial charge in [-0.05, 0) is 54.6 Å². The summed E-state index contributed by atoms with van der Waals surface area (Å²) in [7, 11) is 0. The zero-order valence-corrected chi connectivity index (χ0v) is 15.7. The maximum absolute atomic E-state index is 13.1. The third kappa shape index (κ3) is 3.50. The van der Waals surface area contributed by atoms with Gasteiger partial charge < -0.3 is 9.15 Å². The second-order valence-corrected chi connectivity index (χ2v) is 6.74. The van der Waals surface area contributed by atoms with Gasteiger partial charge in [0.05, 0.1) is 10.9 Å². The largest absolute Gasteiger partial charge is 0.452 e. The summed E-state index contributed by atoms with van der Waals surface area (Å²) < 4.78 is 11.3. The predicted molar refractivity (Wildman–Crippen MR) is 107 cm³/mol. The van der Waals surface area contributed by atoms with Gasteiger partial charge in [0.2, 0.25) is 11.2 Å². The number of aromatic nitrogens is 1. The third-order valence-electron chi connectivity index (χ3n) is 4.01. The Balaban J connectivity index is 1.92. The van der Waals surface area contributed by atoms with Crippen molar-refractivity contribution >= 4 is 40.1 Å². The topological polar surface area (TPSA) is 69.4 Å². The van der Waals surface area contributed by atoms with E-state index in [1.54, 1.807) is 42.5 Å². The van der Waals surface area contributed by atoms with E-state index in [0.29, 0.717) is 21.2 Å². The molecule has 5 nitrogen and oxygen atoms in total. The molecule has 0 N–H and O–H groups in total. The molecule has 0 amide bonds. The Morgan fingerprint density at radius 3 is 2.46 bits per heavy atom. The van der Waals surface area contributed by atoms with Crippen molar-refractivity contribution < 1.29 is 13.9 Å². The van der Waals surface area contributed by atoms with Crippen molar-refractivity contribution in [3.63, 3.8) is 0 Å². The fourth-order valence-electron chi connectivity index (χ4n) is 2.67. The minimum absolute atomic E-state index is 0.119. The Morgan fingerprint density at radius 1 is 1.00 bits per heavy atom. The van der Waals surface area contributed by atoms with Crippen LogP contribution < -0.4 is 10.2 Å². The molecule has 2 aromatic heterocycles. The number of halogens is 2.